The molecule has 0 aliphatic heterocycles. The first-order valence-electron chi connectivity index (χ1n) is 15.1. The summed E-state index contributed by atoms with van der Waals surface area (Å²) in [6.45, 7) is 0. The van der Waals surface area contributed by atoms with E-state index in [2.05, 4.69) is 158 Å². The highest BCUT2D eigenvalue weighted by Crippen LogP contribution is 2.41. The zero-order valence-electron chi connectivity index (χ0n) is 25.3. The van der Waals surface area contributed by atoms with Gasteiger partial charge in [-0.05, 0) is 41.0 Å². The van der Waals surface area contributed by atoms with Crippen LogP contribution in [0.15, 0.2) is 109 Å². The molecule has 0 saturated carbocycles. The zero-order chi connectivity index (χ0) is 29.4. The van der Waals surface area contributed by atoms with Gasteiger partial charge >= 0.3 is 0 Å². The van der Waals surface area contributed by atoms with Crippen LogP contribution in [0.25, 0.3) is 71.6 Å². The summed E-state index contributed by atoms with van der Waals surface area (Å²) in [5.41, 5.74) is 17.9. The van der Waals surface area contributed by atoms with Crippen molar-refractivity contribution in [3.8, 4) is 27.9 Å². The minimum Gasteiger partial charge on any atom is -0.353 e. The van der Waals surface area contributed by atoms with Gasteiger partial charge in [-0.25, -0.2) is 0 Å². The van der Waals surface area contributed by atoms with E-state index in [0.29, 0.717) is 0 Å². The third kappa shape index (κ3) is 3.74. The van der Waals surface area contributed by atoms with Crippen LogP contribution < -0.4 is 27.3 Å². The molecule has 0 unspecified atom stereocenters. The zero-order valence-corrected chi connectivity index (χ0v) is 25.3. The summed E-state index contributed by atoms with van der Waals surface area (Å²) in [5, 5.41) is 5.03. The van der Waals surface area contributed by atoms with Gasteiger partial charge < -0.3 is 9.55 Å². The summed E-state index contributed by atoms with van der Waals surface area (Å²) in [5.74, 6) is 0. The van der Waals surface area contributed by atoms with Gasteiger partial charge in [0.25, 0.3) is 0 Å². The first-order chi connectivity index (χ1) is 20.9. The average molecular weight is 544 g/mol. The highest BCUT2D eigenvalue weighted by molar-refractivity contribution is 6.68. The predicted molar refractivity (Wildman–Crippen MR) is 202 cm³/mol. The Morgan fingerprint density at radius 1 is 0.488 bits per heavy atom. The fourth-order valence-corrected chi connectivity index (χ4v) is 7.29. The van der Waals surface area contributed by atoms with Crippen molar-refractivity contribution in [1.29, 1.82) is 0 Å². The lowest BCUT2D eigenvalue weighted by molar-refractivity contribution is 1.18. The molecule has 8 aromatic rings. The fraction of sp³-hybridized carbons (Fsp3) is 0. The van der Waals surface area contributed by atoms with Gasteiger partial charge in [0, 0.05) is 32.6 Å². The van der Waals surface area contributed by atoms with Crippen molar-refractivity contribution in [2.45, 2.75) is 0 Å². The van der Waals surface area contributed by atoms with Crippen molar-refractivity contribution in [1.82, 2.24) is 9.55 Å². The number of hydrogen-bond acceptors (Lipinski definition) is 0. The number of nitrogens with zero attached hydrogens (tertiary/aromatic N) is 1. The van der Waals surface area contributed by atoms with E-state index in [1.54, 1.807) is 0 Å². The number of H-pyrrole nitrogens is 1. The summed E-state index contributed by atoms with van der Waals surface area (Å²) in [6, 6.07) is 40.0. The van der Waals surface area contributed by atoms with Crippen molar-refractivity contribution >= 4 is 110 Å². The van der Waals surface area contributed by atoms with Gasteiger partial charge in [0.2, 0.25) is 0 Å². The molecule has 2 nitrogen and oxygen atoms in total. The third-order valence-corrected chi connectivity index (χ3v) is 9.92. The Labute approximate surface area is 256 Å². The molecule has 0 bridgehead atoms. The Hall–Kier alpha value is -4.76. The minimum absolute atomic E-state index is 1.16. The molecule has 6 aromatic carbocycles. The molecule has 0 aliphatic rings. The van der Waals surface area contributed by atoms with Crippen LogP contribution in [0.2, 0.25) is 0 Å². The van der Waals surface area contributed by atoms with Gasteiger partial charge in [-0.15, -0.1) is 16.4 Å². The smallest absolute Gasteiger partial charge is 0.139 e. The van der Waals surface area contributed by atoms with Crippen LogP contribution in [0.4, 0.5) is 0 Å². The fourth-order valence-electron chi connectivity index (χ4n) is 7.29. The molecule has 198 valence electrons. The second-order valence-electron chi connectivity index (χ2n) is 12.0. The van der Waals surface area contributed by atoms with Crippen LogP contribution in [0.5, 0.6) is 0 Å². The van der Waals surface area contributed by atoms with E-state index < -0.39 is 0 Å². The van der Waals surface area contributed by atoms with E-state index in [9.17, 15) is 0 Å². The maximum atomic E-state index is 3.80. The first kappa shape index (κ1) is 25.9. The average Bonchev–Trinajstić information content (AvgIpc) is 3.59. The van der Waals surface area contributed by atoms with Crippen molar-refractivity contribution < 1.29 is 0 Å². The van der Waals surface area contributed by atoms with Gasteiger partial charge in [-0.1, -0.05) is 95.9 Å². The third-order valence-electron chi connectivity index (χ3n) is 9.92. The molecule has 8 rings (SSSR count). The molecule has 0 spiro atoms. The maximum Gasteiger partial charge on any atom is 0.139 e. The van der Waals surface area contributed by atoms with Crippen molar-refractivity contribution in [3.05, 3.63) is 109 Å². The quantitative estimate of drug-likeness (QED) is 0.322. The lowest BCUT2D eigenvalue weighted by Crippen LogP contribution is -2.55. The minimum atomic E-state index is 1.16. The van der Waals surface area contributed by atoms with E-state index in [0.717, 1.165) is 5.52 Å². The molecule has 0 amide bonds. The topological polar surface area (TPSA) is 20.7 Å². The van der Waals surface area contributed by atoms with Gasteiger partial charge in [0.15, 0.2) is 0 Å². The van der Waals surface area contributed by atoms with E-state index >= 15 is 0 Å². The van der Waals surface area contributed by atoms with E-state index in [4.69, 9.17) is 0 Å². The summed E-state index contributed by atoms with van der Waals surface area (Å²) in [6.07, 6.45) is 0. The second-order valence-corrected chi connectivity index (χ2v) is 12.0. The Kier molecular flexibility index (Phi) is 5.81. The lowest BCUT2D eigenvalue weighted by atomic mass is 9.59. The lowest BCUT2D eigenvalue weighted by Gasteiger charge is -2.22. The van der Waals surface area contributed by atoms with Gasteiger partial charge in [0.1, 0.15) is 39.2 Å². The van der Waals surface area contributed by atoms with Crippen molar-refractivity contribution in [3.63, 3.8) is 0 Å². The van der Waals surface area contributed by atoms with Crippen molar-refractivity contribution in [2.24, 2.45) is 0 Å². The second kappa shape index (κ2) is 9.64. The molecule has 43 heavy (non-hydrogen) atoms. The Morgan fingerprint density at radius 2 is 1.12 bits per heavy atom. The summed E-state index contributed by atoms with van der Waals surface area (Å²) < 4.78 is 2.49. The summed E-state index contributed by atoms with van der Waals surface area (Å²) in [7, 11) is 11.3. The number of aromatic amines is 1. The molecule has 0 aliphatic carbocycles. The maximum absolute atomic E-state index is 3.80. The normalized spacial score (nSPS) is 11.7. The number of para-hydroxylation sites is 2. The molecule has 0 atom stereocenters. The van der Waals surface area contributed by atoms with Gasteiger partial charge in [0.05, 0.1) is 22.2 Å². The Bertz CT molecular complexity index is 2370. The largest absolute Gasteiger partial charge is 0.353 e. The number of nitrogens with one attached hydrogen (secondary N) is 1. The molecule has 7 heteroatoms. The first-order valence-corrected chi connectivity index (χ1v) is 15.1. The molecular formula is C36H29B5N2. The Morgan fingerprint density at radius 3 is 1.88 bits per heavy atom. The molecular weight excluding hydrogens is 514 g/mol. The molecule has 2 aromatic heterocycles. The van der Waals surface area contributed by atoms with Crippen LogP contribution in [0.1, 0.15) is 0 Å². The van der Waals surface area contributed by atoms with E-state index in [1.165, 1.54) is 93.4 Å². The molecule has 0 saturated heterocycles. The van der Waals surface area contributed by atoms with Crippen LogP contribution in [0, 0.1) is 0 Å². The molecule has 0 radical (unpaired) electrons. The predicted octanol–water partition coefficient (Wildman–Crippen LogP) is 1.04. The van der Waals surface area contributed by atoms with E-state index in [1.807, 2.05) is 0 Å². The van der Waals surface area contributed by atoms with Crippen LogP contribution in [-0.4, -0.2) is 48.8 Å². The number of fused-ring (bicyclic) bond motifs is 7. The monoisotopic (exact) mass is 544 g/mol. The number of rotatable bonds is 3. The molecule has 1 N–H and O–H groups in total. The van der Waals surface area contributed by atoms with Crippen LogP contribution in [0.3, 0.4) is 0 Å². The highest BCUT2D eigenvalue weighted by Gasteiger charge is 2.21. The summed E-state index contributed by atoms with van der Waals surface area (Å²) in [4.78, 5) is 3.80. The standard InChI is InChI=1S/C36H29B5N2/c37-30-29(31(38)33(40)34(41)32(30)39)20-14-17-28(25(18-20)19-8-2-1-3-9-19)43-27-13-7-5-11-22(27)24-16-15-23-21-10-4-6-12-26(21)42-35(23)36(24)43/h1-18,42H,37-41H2. The SMILES string of the molecule is Bc1c(B)c(B)c(-c2ccc(-n3c4ccccc4c4ccc5c6ccccc6[nH]c5c43)c(-c3ccccc3)c2)c(B)c1B. The van der Waals surface area contributed by atoms with Gasteiger partial charge in [-0.3, -0.25) is 0 Å². The van der Waals surface area contributed by atoms with Gasteiger partial charge in [-0.2, -0.15) is 0 Å². The summed E-state index contributed by atoms with van der Waals surface area (Å²) >= 11 is 0. The van der Waals surface area contributed by atoms with Crippen LogP contribution in [-0.2, 0) is 0 Å². The van der Waals surface area contributed by atoms with Crippen LogP contribution >= 0.6 is 0 Å². The molecule has 0 fully saturated rings. The van der Waals surface area contributed by atoms with Crippen molar-refractivity contribution in [2.75, 3.05) is 0 Å². The Balaban J connectivity index is 1.51. The number of hydrogen-bond donors (Lipinski definition) is 1. The number of aromatic nitrogens is 2. The highest BCUT2D eigenvalue weighted by atomic mass is 15.0. The van der Waals surface area contributed by atoms with E-state index in [-0.39, 0.29) is 0 Å². The number of benzene rings is 6. The molecule has 2 heterocycles.